The zero-order chi connectivity index (χ0) is 12.8. The number of amides is 1. The lowest BCUT2D eigenvalue weighted by Crippen LogP contribution is -2.44. The quantitative estimate of drug-likeness (QED) is 0.739. The predicted molar refractivity (Wildman–Crippen MR) is 64.6 cm³/mol. The Bertz CT molecular complexity index is 281. The van der Waals surface area contributed by atoms with Gasteiger partial charge in [0.2, 0.25) is 5.91 Å². The van der Waals surface area contributed by atoms with E-state index < -0.39 is 5.97 Å². The molecule has 0 radical (unpaired) electrons. The van der Waals surface area contributed by atoms with Gasteiger partial charge in [0.25, 0.3) is 0 Å². The number of piperidine rings is 1. The minimum absolute atomic E-state index is 0.0384. The van der Waals surface area contributed by atoms with Crippen molar-refractivity contribution in [1.82, 2.24) is 10.2 Å². The Kier molecular flexibility index (Phi) is 5.41. The van der Waals surface area contributed by atoms with Crippen molar-refractivity contribution >= 4 is 11.9 Å². The van der Waals surface area contributed by atoms with Crippen molar-refractivity contribution in [3.05, 3.63) is 0 Å². The minimum atomic E-state index is -0.771. The van der Waals surface area contributed by atoms with Gasteiger partial charge in [-0.1, -0.05) is 6.92 Å². The van der Waals surface area contributed by atoms with E-state index in [1.807, 2.05) is 18.9 Å². The van der Waals surface area contributed by atoms with Crippen LogP contribution in [-0.4, -0.2) is 48.6 Å². The molecule has 0 spiro atoms. The molecule has 2 atom stereocenters. The average molecular weight is 242 g/mol. The molecule has 5 nitrogen and oxygen atoms in total. The van der Waals surface area contributed by atoms with Gasteiger partial charge < -0.3 is 15.3 Å². The third-order valence-corrected chi connectivity index (χ3v) is 3.23. The van der Waals surface area contributed by atoms with Crippen molar-refractivity contribution in [2.45, 2.75) is 26.2 Å². The third-order valence-electron chi connectivity index (χ3n) is 3.23. The monoisotopic (exact) mass is 242 g/mol. The molecule has 98 valence electrons. The Hall–Kier alpha value is -1.10. The normalized spacial score (nSPS) is 22.2. The molecule has 2 unspecified atom stereocenters. The summed E-state index contributed by atoms with van der Waals surface area (Å²) in [7, 11) is 1.83. The van der Waals surface area contributed by atoms with Crippen LogP contribution in [0.15, 0.2) is 0 Å². The molecule has 2 N–H and O–H groups in total. The number of hydrogen-bond acceptors (Lipinski definition) is 3. The fourth-order valence-corrected chi connectivity index (χ4v) is 2.38. The van der Waals surface area contributed by atoms with Crippen LogP contribution in [0.2, 0.25) is 0 Å². The summed E-state index contributed by atoms with van der Waals surface area (Å²) in [4.78, 5) is 24.5. The fraction of sp³-hybridized carbons (Fsp3) is 0.833. The van der Waals surface area contributed by atoms with Gasteiger partial charge in [0.1, 0.15) is 0 Å². The van der Waals surface area contributed by atoms with Crippen LogP contribution in [0.1, 0.15) is 26.2 Å². The third kappa shape index (κ3) is 4.34. The number of carbonyl (C=O) groups excluding carboxylic acids is 1. The summed E-state index contributed by atoms with van der Waals surface area (Å²) in [6.07, 6.45) is 2.00. The summed E-state index contributed by atoms with van der Waals surface area (Å²) in [6.45, 7) is 3.93. The molecule has 0 aliphatic carbocycles. The van der Waals surface area contributed by atoms with Crippen LogP contribution in [0.5, 0.6) is 0 Å². The van der Waals surface area contributed by atoms with Crippen LogP contribution in [0.4, 0.5) is 0 Å². The summed E-state index contributed by atoms with van der Waals surface area (Å²) in [6, 6.07) is 0. The Morgan fingerprint density at radius 3 is 2.82 bits per heavy atom. The van der Waals surface area contributed by atoms with Crippen LogP contribution >= 0.6 is 0 Å². The molecule has 0 aromatic carbocycles. The van der Waals surface area contributed by atoms with E-state index in [1.54, 1.807) is 0 Å². The van der Waals surface area contributed by atoms with Crippen LogP contribution in [-0.2, 0) is 9.59 Å². The van der Waals surface area contributed by atoms with Gasteiger partial charge in [0.15, 0.2) is 0 Å². The van der Waals surface area contributed by atoms with E-state index >= 15 is 0 Å². The number of hydrogen-bond donors (Lipinski definition) is 2. The molecule has 5 heteroatoms. The molecule has 1 fully saturated rings. The van der Waals surface area contributed by atoms with Crippen LogP contribution in [0.25, 0.3) is 0 Å². The Morgan fingerprint density at radius 2 is 2.24 bits per heavy atom. The van der Waals surface area contributed by atoms with Crippen molar-refractivity contribution in [3.8, 4) is 0 Å². The lowest BCUT2D eigenvalue weighted by atomic mass is 9.94. The number of carboxylic acid groups (broad SMARTS) is 1. The van der Waals surface area contributed by atoms with Crippen molar-refractivity contribution in [1.29, 1.82) is 0 Å². The smallest absolute Gasteiger partial charge is 0.303 e. The highest BCUT2D eigenvalue weighted by Gasteiger charge is 2.27. The number of nitrogens with zero attached hydrogens (tertiary/aromatic N) is 1. The molecule has 1 aliphatic heterocycles. The molecule has 17 heavy (non-hydrogen) atoms. The number of carbonyl (C=O) groups is 2. The number of carboxylic acids is 1. The zero-order valence-corrected chi connectivity index (χ0v) is 10.6. The van der Waals surface area contributed by atoms with E-state index in [9.17, 15) is 9.59 Å². The summed E-state index contributed by atoms with van der Waals surface area (Å²) in [5.74, 6) is -0.558. The molecule has 0 bridgehead atoms. The highest BCUT2D eigenvalue weighted by Crippen LogP contribution is 2.20. The van der Waals surface area contributed by atoms with Gasteiger partial charge in [-0.25, -0.2) is 0 Å². The molecule has 1 saturated heterocycles. The first-order chi connectivity index (χ1) is 8.04. The van der Waals surface area contributed by atoms with Gasteiger partial charge in [-0.05, 0) is 25.8 Å². The van der Waals surface area contributed by atoms with Gasteiger partial charge in [-0.2, -0.15) is 0 Å². The molecule has 1 aliphatic rings. The number of aliphatic carboxylic acids is 1. The molecule has 0 aromatic rings. The van der Waals surface area contributed by atoms with Crippen molar-refractivity contribution in [2.24, 2.45) is 11.8 Å². The van der Waals surface area contributed by atoms with E-state index in [0.717, 1.165) is 19.4 Å². The van der Waals surface area contributed by atoms with E-state index in [0.29, 0.717) is 13.1 Å². The Labute approximate surface area is 102 Å². The molecule has 1 heterocycles. The summed E-state index contributed by atoms with van der Waals surface area (Å²) >= 11 is 0. The van der Waals surface area contributed by atoms with E-state index in [1.165, 1.54) is 0 Å². The van der Waals surface area contributed by atoms with Gasteiger partial charge in [0, 0.05) is 32.0 Å². The summed E-state index contributed by atoms with van der Waals surface area (Å²) < 4.78 is 0. The standard InChI is InChI=1S/C12H22N2O3/c1-9(7-13-2)12(17)14-5-3-4-10(8-14)6-11(15)16/h9-10,13H,3-8H2,1-2H3,(H,15,16). The van der Waals surface area contributed by atoms with Gasteiger partial charge in [-0.15, -0.1) is 0 Å². The first-order valence-corrected chi connectivity index (χ1v) is 6.19. The number of nitrogens with one attached hydrogen (secondary N) is 1. The highest BCUT2D eigenvalue weighted by molar-refractivity contribution is 5.79. The van der Waals surface area contributed by atoms with Gasteiger partial charge in [0.05, 0.1) is 0 Å². The van der Waals surface area contributed by atoms with E-state index in [-0.39, 0.29) is 24.2 Å². The second-order valence-corrected chi connectivity index (χ2v) is 4.85. The fourth-order valence-electron chi connectivity index (χ4n) is 2.38. The van der Waals surface area contributed by atoms with Gasteiger partial charge >= 0.3 is 5.97 Å². The van der Waals surface area contributed by atoms with E-state index in [4.69, 9.17) is 5.11 Å². The first kappa shape index (κ1) is 14.0. The Morgan fingerprint density at radius 1 is 1.53 bits per heavy atom. The van der Waals surface area contributed by atoms with Crippen LogP contribution in [0.3, 0.4) is 0 Å². The molecular weight excluding hydrogens is 220 g/mol. The summed E-state index contributed by atoms with van der Waals surface area (Å²) in [5.41, 5.74) is 0. The second-order valence-electron chi connectivity index (χ2n) is 4.85. The van der Waals surface area contributed by atoms with E-state index in [2.05, 4.69) is 5.32 Å². The lowest BCUT2D eigenvalue weighted by molar-refractivity contribution is -0.141. The lowest BCUT2D eigenvalue weighted by Gasteiger charge is -2.33. The average Bonchev–Trinajstić information content (AvgIpc) is 2.28. The number of rotatable bonds is 5. The SMILES string of the molecule is CNCC(C)C(=O)N1CCCC(CC(=O)O)C1. The highest BCUT2D eigenvalue weighted by atomic mass is 16.4. The van der Waals surface area contributed by atoms with Gasteiger partial charge in [-0.3, -0.25) is 9.59 Å². The summed E-state index contributed by atoms with van der Waals surface area (Å²) in [5, 5.41) is 11.8. The number of likely N-dealkylation sites (tertiary alicyclic amines) is 1. The largest absolute Gasteiger partial charge is 0.481 e. The van der Waals surface area contributed by atoms with Crippen molar-refractivity contribution in [2.75, 3.05) is 26.7 Å². The minimum Gasteiger partial charge on any atom is -0.481 e. The maximum Gasteiger partial charge on any atom is 0.303 e. The predicted octanol–water partition coefficient (Wildman–Crippen LogP) is 0.555. The maximum atomic E-state index is 12.1. The molecule has 1 amide bonds. The molecule has 0 saturated carbocycles. The van der Waals surface area contributed by atoms with Crippen molar-refractivity contribution in [3.63, 3.8) is 0 Å². The topological polar surface area (TPSA) is 69.6 Å². The van der Waals surface area contributed by atoms with Crippen LogP contribution in [0, 0.1) is 11.8 Å². The zero-order valence-electron chi connectivity index (χ0n) is 10.6. The molecular formula is C12H22N2O3. The van der Waals surface area contributed by atoms with Crippen LogP contribution < -0.4 is 5.32 Å². The molecule has 0 aromatic heterocycles. The Balaban J connectivity index is 2.48. The maximum absolute atomic E-state index is 12.1. The first-order valence-electron chi connectivity index (χ1n) is 6.19. The second kappa shape index (κ2) is 6.59. The van der Waals surface area contributed by atoms with Crippen molar-refractivity contribution < 1.29 is 14.7 Å². The molecule has 1 rings (SSSR count).